The monoisotopic (exact) mass is 429 g/mol. The lowest BCUT2D eigenvalue weighted by molar-refractivity contribution is 0.786. The molecule has 0 saturated carbocycles. The SMILES string of the molecule is C#CC.C=C(C)C1=C(C)NC(/C(N)=C\C)=C(C(=C)C)C1c1ccc(C#N)cc1C.CCC. The lowest BCUT2D eigenvalue weighted by Crippen LogP contribution is -2.29. The number of allylic oxidation sites excluding steroid dienone is 6. The van der Waals surface area contributed by atoms with Crippen molar-refractivity contribution in [1.29, 1.82) is 5.26 Å². The third-order valence-corrected chi connectivity index (χ3v) is 4.79. The number of hydrogen-bond donors (Lipinski definition) is 2. The van der Waals surface area contributed by atoms with Crippen molar-refractivity contribution in [2.45, 2.75) is 67.7 Å². The molecule has 32 heavy (non-hydrogen) atoms. The molecular formula is C29H39N3. The maximum Gasteiger partial charge on any atom is 0.0991 e. The summed E-state index contributed by atoms with van der Waals surface area (Å²) in [5.74, 6) is 2.23. The Morgan fingerprint density at radius 3 is 2.06 bits per heavy atom. The van der Waals surface area contributed by atoms with Gasteiger partial charge in [-0.3, -0.25) is 0 Å². The van der Waals surface area contributed by atoms with Crippen molar-refractivity contribution in [3.8, 4) is 18.4 Å². The van der Waals surface area contributed by atoms with Crippen LogP contribution in [0.2, 0.25) is 0 Å². The van der Waals surface area contributed by atoms with Crippen molar-refractivity contribution in [3.05, 3.63) is 93.5 Å². The standard InChI is InChI=1S/C23H27N3.C3H8.C3H4/c1-8-19(25)23-21(14(4)5)22(20(13(2)3)16(7)26-23)18-10-9-17(12-24)11-15(18)6;2*1-3-2/h8-11,22,26H,2,4,25H2,1,3,5-7H3;3H2,1-2H3;1H,2H3/b19-8+;;. The fraction of sp³-hybridized carbons (Fsp3) is 0.345. The van der Waals surface area contributed by atoms with E-state index in [1.165, 1.54) is 6.42 Å². The van der Waals surface area contributed by atoms with Gasteiger partial charge >= 0.3 is 0 Å². The van der Waals surface area contributed by atoms with Crippen LogP contribution in [-0.4, -0.2) is 0 Å². The van der Waals surface area contributed by atoms with Gasteiger partial charge in [-0.25, -0.2) is 0 Å². The molecule has 1 aromatic carbocycles. The molecule has 170 valence electrons. The molecule has 2 rings (SSSR count). The van der Waals surface area contributed by atoms with Crippen molar-refractivity contribution in [2.24, 2.45) is 5.73 Å². The van der Waals surface area contributed by atoms with Gasteiger partial charge in [-0.05, 0) is 75.9 Å². The van der Waals surface area contributed by atoms with Crippen LogP contribution in [0.3, 0.4) is 0 Å². The smallest absolute Gasteiger partial charge is 0.0991 e. The van der Waals surface area contributed by atoms with Crippen LogP contribution < -0.4 is 11.1 Å². The summed E-state index contributed by atoms with van der Waals surface area (Å²) in [6.45, 7) is 24.4. The maximum absolute atomic E-state index is 9.20. The summed E-state index contributed by atoms with van der Waals surface area (Å²) in [5.41, 5.74) is 16.0. The van der Waals surface area contributed by atoms with E-state index in [2.05, 4.69) is 50.7 Å². The van der Waals surface area contributed by atoms with Crippen molar-refractivity contribution < 1.29 is 0 Å². The molecule has 0 aromatic heterocycles. The number of dihydropyridines is 1. The quantitative estimate of drug-likeness (QED) is 0.499. The van der Waals surface area contributed by atoms with Gasteiger partial charge in [-0.1, -0.05) is 56.7 Å². The molecule has 0 spiro atoms. The van der Waals surface area contributed by atoms with E-state index in [9.17, 15) is 5.26 Å². The number of rotatable bonds is 4. The van der Waals surface area contributed by atoms with Crippen molar-refractivity contribution in [2.75, 3.05) is 0 Å². The first-order valence-electron chi connectivity index (χ1n) is 10.9. The Labute approximate surface area is 196 Å². The van der Waals surface area contributed by atoms with E-state index < -0.39 is 0 Å². The molecule has 0 fully saturated rings. The molecule has 0 amide bonds. The van der Waals surface area contributed by atoms with E-state index in [4.69, 9.17) is 5.73 Å². The topological polar surface area (TPSA) is 61.8 Å². The highest BCUT2D eigenvalue weighted by Crippen LogP contribution is 2.45. The zero-order valence-corrected chi connectivity index (χ0v) is 21.1. The van der Waals surface area contributed by atoms with E-state index >= 15 is 0 Å². The highest BCUT2D eigenvalue weighted by atomic mass is 14.9. The van der Waals surface area contributed by atoms with Crippen LogP contribution in [-0.2, 0) is 0 Å². The van der Waals surface area contributed by atoms with Crippen LogP contribution in [0.5, 0.6) is 0 Å². The summed E-state index contributed by atoms with van der Waals surface area (Å²) in [4.78, 5) is 0. The Hall–Kier alpha value is -3.43. The number of nitrogens with zero attached hydrogens (tertiary/aromatic N) is 1. The second-order valence-electron chi connectivity index (χ2n) is 7.87. The third kappa shape index (κ3) is 7.07. The first-order chi connectivity index (χ1) is 15.1. The number of hydrogen-bond acceptors (Lipinski definition) is 3. The van der Waals surface area contributed by atoms with Gasteiger partial charge in [-0.2, -0.15) is 5.26 Å². The first kappa shape index (κ1) is 28.6. The molecule has 1 heterocycles. The van der Waals surface area contributed by atoms with Crippen LogP contribution in [0.25, 0.3) is 0 Å². The summed E-state index contributed by atoms with van der Waals surface area (Å²) in [6, 6.07) is 8.04. The van der Waals surface area contributed by atoms with Crippen LogP contribution in [0.4, 0.5) is 0 Å². The lowest BCUT2D eigenvalue weighted by Gasteiger charge is -2.35. The number of nitrogens with one attached hydrogen (secondary N) is 1. The van der Waals surface area contributed by atoms with Crippen molar-refractivity contribution in [3.63, 3.8) is 0 Å². The van der Waals surface area contributed by atoms with Gasteiger partial charge in [0, 0.05) is 11.6 Å². The number of nitrogens with two attached hydrogens (primary N) is 1. The van der Waals surface area contributed by atoms with Gasteiger partial charge in [-0.15, -0.1) is 12.3 Å². The summed E-state index contributed by atoms with van der Waals surface area (Å²) in [5, 5.41) is 12.7. The summed E-state index contributed by atoms with van der Waals surface area (Å²) < 4.78 is 0. The molecule has 0 saturated heterocycles. The fourth-order valence-electron chi connectivity index (χ4n) is 3.61. The van der Waals surface area contributed by atoms with Gasteiger partial charge in [0.2, 0.25) is 0 Å². The molecule has 1 aliphatic rings. The van der Waals surface area contributed by atoms with E-state index in [-0.39, 0.29) is 5.92 Å². The highest BCUT2D eigenvalue weighted by Gasteiger charge is 2.32. The van der Waals surface area contributed by atoms with Crippen LogP contribution in [0, 0.1) is 30.6 Å². The van der Waals surface area contributed by atoms with Crippen molar-refractivity contribution in [1.82, 2.24) is 5.32 Å². The molecular weight excluding hydrogens is 390 g/mol. The molecule has 3 N–H and O–H groups in total. The van der Waals surface area contributed by atoms with E-state index in [1.54, 1.807) is 6.92 Å². The Morgan fingerprint density at radius 1 is 1.19 bits per heavy atom. The van der Waals surface area contributed by atoms with Gasteiger partial charge in [0.15, 0.2) is 0 Å². The predicted octanol–water partition coefficient (Wildman–Crippen LogP) is 7.15. The lowest BCUT2D eigenvalue weighted by atomic mass is 9.74. The molecule has 1 aliphatic heterocycles. The van der Waals surface area contributed by atoms with Crippen LogP contribution in [0.15, 0.2) is 76.8 Å². The van der Waals surface area contributed by atoms with Gasteiger partial charge in [0.1, 0.15) is 0 Å². The minimum atomic E-state index is -0.0208. The molecule has 3 nitrogen and oxygen atoms in total. The second-order valence-corrected chi connectivity index (χ2v) is 7.87. The Kier molecular flexibility index (Phi) is 12.3. The Balaban J connectivity index is 0.00000144. The zero-order chi connectivity index (χ0) is 25.0. The van der Waals surface area contributed by atoms with E-state index in [0.29, 0.717) is 11.3 Å². The summed E-state index contributed by atoms with van der Waals surface area (Å²) in [7, 11) is 0. The fourth-order valence-corrected chi connectivity index (χ4v) is 3.61. The van der Waals surface area contributed by atoms with Gasteiger partial charge in [0.25, 0.3) is 0 Å². The minimum Gasteiger partial charge on any atom is -0.397 e. The molecule has 1 unspecified atom stereocenters. The number of nitriles is 1. The second kappa shape index (κ2) is 13.8. The summed E-state index contributed by atoms with van der Waals surface area (Å²) in [6.07, 6.45) is 7.74. The normalized spacial score (nSPS) is 15.2. The zero-order valence-electron chi connectivity index (χ0n) is 21.1. The van der Waals surface area contributed by atoms with Gasteiger partial charge < -0.3 is 11.1 Å². The van der Waals surface area contributed by atoms with Gasteiger partial charge in [0.05, 0.1) is 23.0 Å². The van der Waals surface area contributed by atoms with Crippen LogP contribution >= 0.6 is 0 Å². The molecule has 0 aliphatic carbocycles. The van der Waals surface area contributed by atoms with Crippen LogP contribution in [0.1, 0.15) is 77.5 Å². The average molecular weight is 430 g/mol. The largest absolute Gasteiger partial charge is 0.397 e. The Bertz CT molecular complexity index is 1020. The number of aryl methyl sites for hydroxylation is 1. The first-order valence-corrected chi connectivity index (χ1v) is 10.9. The van der Waals surface area contributed by atoms with E-state index in [1.807, 2.05) is 58.9 Å². The predicted molar refractivity (Wildman–Crippen MR) is 140 cm³/mol. The molecule has 3 heteroatoms. The number of terminal acetylenes is 1. The molecule has 0 bridgehead atoms. The minimum absolute atomic E-state index is 0.0208. The third-order valence-electron chi connectivity index (χ3n) is 4.79. The molecule has 1 aromatic rings. The molecule has 1 atom stereocenters. The van der Waals surface area contributed by atoms with E-state index in [0.717, 1.165) is 44.8 Å². The Morgan fingerprint density at radius 2 is 1.69 bits per heavy atom. The van der Waals surface area contributed by atoms with Crippen molar-refractivity contribution >= 4 is 0 Å². The molecule has 0 radical (unpaired) electrons. The summed E-state index contributed by atoms with van der Waals surface area (Å²) >= 11 is 0. The number of benzene rings is 1. The average Bonchev–Trinajstić information content (AvgIpc) is 2.72. The maximum atomic E-state index is 9.20. The highest BCUT2D eigenvalue weighted by molar-refractivity contribution is 5.61.